The summed E-state index contributed by atoms with van der Waals surface area (Å²) < 4.78 is 5.00. The molecular formula is C9H19NO2S. The Morgan fingerprint density at radius 1 is 1.46 bits per heavy atom. The van der Waals surface area contributed by atoms with E-state index in [2.05, 4.69) is 17.9 Å². The molecule has 0 bridgehead atoms. The molecule has 0 aromatic heterocycles. The molecule has 0 aromatic carbocycles. The van der Waals surface area contributed by atoms with E-state index in [0.29, 0.717) is 6.54 Å². The first-order valence-electron chi connectivity index (χ1n) is 4.47. The van der Waals surface area contributed by atoms with Gasteiger partial charge in [0.1, 0.15) is 0 Å². The summed E-state index contributed by atoms with van der Waals surface area (Å²) in [5.41, 5.74) is 0. The van der Waals surface area contributed by atoms with Gasteiger partial charge in [-0.05, 0) is 12.8 Å². The van der Waals surface area contributed by atoms with Gasteiger partial charge in [0.25, 0.3) is 0 Å². The SMILES string of the molecule is COC(C)CNC(=O)C(S)C(C)C. The van der Waals surface area contributed by atoms with Crippen LogP contribution in [0.2, 0.25) is 0 Å². The van der Waals surface area contributed by atoms with E-state index in [-0.39, 0.29) is 23.2 Å². The predicted molar refractivity (Wildman–Crippen MR) is 57.1 cm³/mol. The quantitative estimate of drug-likeness (QED) is 0.659. The Hall–Kier alpha value is -0.220. The fourth-order valence-corrected chi connectivity index (χ4v) is 0.826. The average Bonchev–Trinajstić information content (AvgIpc) is 2.11. The maximum absolute atomic E-state index is 11.4. The summed E-state index contributed by atoms with van der Waals surface area (Å²) in [5.74, 6) is 0.225. The molecule has 0 aliphatic rings. The van der Waals surface area contributed by atoms with Crippen molar-refractivity contribution in [2.75, 3.05) is 13.7 Å². The highest BCUT2D eigenvalue weighted by atomic mass is 32.1. The fraction of sp³-hybridized carbons (Fsp3) is 0.889. The normalized spacial score (nSPS) is 15.5. The zero-order valence-corrected chi connectivity index (χ0v) is 9.60. The van der Waals surface area contributed by atoms with Crippen LogP contribution in [-0.2, 0) is 9.53 Å². The Morgan fingerprint density at radius 3 is 2.38 bits per heavy atom. The van der Waals surface area contributed by atoms with Crippen LogP contribution in [0.1, 0.15) is 20.8 Å². The van der Waals surface area contributed by atoms with Crippen LogP contribution in [0.25, 0.3) is 0 Å². The molecule has 2 atom stereocenters. The summed E-state index contributed by atoms with van der Waals surface area (Å²) >= 11 is 4.20. The highest BCUT2D eigenvalue weighted by Crippen LogP contribution is 2.08. The second-order valence-corrected chi connectivity index (χ2v) is 4.04. The molecule has 4 heteroatoms. The topological polar surface area (TPSA) is 38.3 Å². The van der Waals surface area contributed by atoms with Gasteiger partial charge >= 0.3 is 0 Å². The minimum atomic E-state index is -0.232. The van der Waals surface area contributed by atoms with Gasteiger partial charge in [0, 0.05) is 13.7 Å². The zero-order chi connectivity index (χ0) is 10.4. The number of carbonyl (C=O) groups excluding carboxylic acids is 1. The Balaban J connectivity index is 3.74. The third kappa shape index (κ3) is 5.16. The zero-order valence-electron chi connectivity index (χ0n) is 8.70. The standard InChI is InChI=1S/C9H19NO2S/c1-6(2)8(13)9(11)10-5-7(3)12-4/h6-8,13H,5H2,1-4H3,(H,10,11). The van der Waals surface area contributed by atoms with E-state index in [9.17, 15) is 4.79 Å². The van der Waals surface area contributed by atoms with Crippen LogP contribution in [0.4, 0.5) is 0 Å². The van der Waals surface area contributed by atoms with Gasteiger partial charge in [0.05, 0.1) is 11.4 Å². The van der Waals surface area contributed by atoms with E-state index in [4.69, 9.17) is 4.74 Å². The predicted octanol–water partition coefficient (Wildman–Crippen LogP) is 1.09. The first kappa shape index (κ1) is 12.8. The van der Waals surface area contributed by atoms with Crippen molar-refractivity contribution in [1.82, 2.24) is 5.32 Å². The molecule has 2 unspecified atom stereocenters. The first-order chi connectivity index (χ1) is 5.99. The number of hydrogen-bond acceptors (Lipinski definition) is 3. The first-order valence-corrected chi connectivity index (χ1v) is 4.99. The van der Waals surface area contributed by atoms with Crippen LogP contribution in [-0.4, -0.2) is 30.9 Å². The number of ether oxygens (including phenoxy) is 1. The van der Waals surface area contributed by atoms with Gasteiger partial charge in [0.15, 0.2) is 0 Å². The molecule has 0 saturated heterocycles. The van der Waals surface area contributed by atoms with Crippen LogP contribution in [0.15, 0.2) is 0 Å². The van der Waals surface area contributed by atoms with Crippen LogP contribution >= 0.6 is 12.6 Å². The Kier molecular flexibility index (Phi) is 6.16. The molecule has 3 nitrogen and oxygen atoms in total. The molecule has 0 aliphatic heterocycles. The van der Waals surface area contributed by atoms with Crippen LogP contribution in [0.5, 0.6) is 0 Å². The van der Waals surface area contributed by atoms with E-state index in [0.717, 1.165) is 0 Å². The molecule has 0 saturated carbocycles. The maximum Gasteiger partial charge on any atom is 0.233 e. The Bertz CT molecular complexity index is 162. The van der Waals surface area contributed by atoms with E-state index >= 15 is 0 Å². The van der Waals surface area contributed by atoms with Crippen molar-refractivity contribution in [3.05, 3.63) is 0 Å². The Labute approximate surface area is 85.6 Å². The summed E-state index contributed by atoms with van der Waals surface area (Å²) in [6.07, 6.45) is 0.0524. The third-order valence-corrected chi connectivity index (χ3v) is 2.70. The summed E-state index contributed by atoms with van der Waals surface area (Å²) in [7, 11) is 1.62. The minimum absolute atomic E-state index is 0.0257. The van der Waals surface area contributed by atoms with Crippen molar-refractivity contribution >= 4 is 18.5 Å². The van der Waals surface area contributed by atoms with Gasteiger partial charge in [-0.15, -0.1) is 0 Å². The number of carbonyl (C=O) groups is 1. The molecule has 0 radical (unpaired) electrons. The number of rotatable bonds is 5. The minimum Gasteiger partial charge on any atom is -0.380 e. The van der Waals surface area contributed by atoms with Crippen molar-refractivity contribution < 1.29 is 9.53 Å². The van der Waals surface area contributed by atoms with Crippen molar-refractivity contribution in [1.29, 1.82) is 0 Å². The van der Waals surface area contributed by atoms with Gasteiger partial charge < -0.3 is 10.1 Å². The second kappa shape index (κ2) is 6.27. The molecule has 78 valence electrons. The number of thiol groups is 1. The lowest BCUT2D eigenvalue weighted by molar-refractivity contribution is -0.121. The Morgan fingerprint density at radius 2 is 2.00 bits per heavy atom. The monoisotopic (exact) mass is 205 g/mol. The molecule has 0 aromatic rings. The van der Waals surface area contributed by atoms with Gasteiger partial charge in [-0.3, -0.25) is 4.79 Å². The molecule has 0 rings (SSSR count). The van der Waals surface area contributed by atoms with Crippen LogP contribution in [0.3, 0.4) is 0 Å². The number of methoxy groups -OCH3 is 1. The largest absolute Gasteiger partial charge is 0.380 e. The van der Waals surface area contributed by atoms with Crippen molar-refractivity contribution in [2.45, 2.75) is 32.1 Å². The van der Waals surface area contributed by atoms with Crippen molar-refractivity contribution in [3.63, 3.8) is 0 Å². The molecule has 0 fully saturated rings. The van der Waals surface area contributed by atoms with E-state index < -0.39 is 0 Å². The highest BCUT2D eigenvalue weighted by Gasteiger charge is 2.17. The number of nitrogens with one attached hydrogen (secondary N) is 1. The highest BCUT2D eigenvalue weighted by molar-refractivity contribution is 7.81. The lowest BCUT2D eigenvalue weighted by atomic mass is 10.1. The summed E-state index contributed by atoms with van der Waals surface area (Å²) in [6.45, 7) is 6.39. The van der Waals surface area contributed by atoms with Gasteiger partial charge in [-0.25, -0.2) is 0 Å². The summed E-state index contributed by atoms with van der Waals surface area (Å²) in [6, 6.07) is 0. The molecule has 13 heavy (non-hydrogen) atoms. The number of amides is 1. The molecule has 1 amide bonds. The average molecular weight is 205 g/mol. The fourth-order valence-electron chi connectivity index (χ4n) is 0.735. The lowest BCUT2D eigenvalue weighted by Gasteiger charge is -2.16. The van der Waals surface area contributed by atoms with E-state index in [1.807, 2.05) is 20.8 Å². The van der Waals surface area contributed by atoms with E-state index in [1.54, 1.807) is 7.11 Å². The molecule has 0 heterocycles. The van der Waals surface area contributed by atoms with Crippen LogP contribution < -0.4 is 5.32 Å². The van der Waals surface area contributed by atoms with Crippen molar-refractivity contribution in [2.24, 2.45) is 5.92 Å². The van der Waals surface area contributed by atoms with Crippen molar-refractivity contribution in [3.8, 4) is 0 Å². The lowest BCUT2D eigenvalue weighted by Crippen LogP contribution is -2.38. The van der Waals surface area contributed by atoms with Gasteiger partial charge in [-0.1, -0.05) is 13.8 Å². The number of hydrogen-bond donors (Lipinski definition) is 2. The smallest absolute Gasteiger partial charge is 0.233 e. The molecular weight excluding hydrogens is 186 g/mol. The van der Waals surface area contributed by atoms with Gasteiger partial charge in [-0.2, -0.15) is 12.6 Å². The van der Waals surface area contributed by atoms with Crippen LogP contribution in [0, 0.1) is 5.92 Å². The second-order valence-electron chi connectivity index (χ2n) is 3.48. The summed E-state index contributed by atoms with van der Waals surface area (Å²) in [5, 5.41) is 2.54. The van der Waals surface area contributed by atoms with E-state index in [1.165, 1.54) is 0 Å². The summed E-state index contributed by atoms with van der Waals surface area (Å²) in [4.78, 5) is 11.4. The molecule has 0 spiro atoms. The van der Waals surface area contributed by atoms with Gasteiger partial charge in [0.2, 0.25) is 5.91 Å². The third-order valence-electron chi connectivity index (χ3n) is 1.87. The maximum atomic E-state index is 11.4. The molecule has 1 N–H and O–H groups in total. The molecule has 0 aliphatic carbocycles.